The molecule has 11 heteroatoms. The molecule has 8 nitrogen and oxygen atoms in total. The number of nitrogens with zero attached hydrogens (tertiary/aromatic N) is 7. The van der Waals surface area contributed by atoms with Crippen molar-refractivity contribution in [1.82, 2.24) is 25.0 Å². The van der Waals surface area contributed by atoms with Crippen LogP contribution in [0, 0.1) is 23.5 Å². The molecule has 0 spiro atoms. The van der Waals surface area contributed by atoms with Crippen molar-refractivity contribution in [3.63, 3.8) is 0 Å². The highest BCUT2D eigenvalue weighted by molar-refractivity contribution is 6.29. The van der Waals surface area contributed by atoms with E-state index in [4.69, 9.17) is 16.6 Å². The predicted octanol–water partition coefficient (Wildman–Crippen LogP) is 3.87. The molecule has 1 N–H and O–H groups in total. The maximum atomic E-state index is 13.8. The van der Waals surface area contributed by atoms with Crippen LogP contribution < -0.4 is 15.1 Å². The summed E-state index contributed by atoms with van der Waals surface area (Å²) >= 11 is 6.04. The van der Waals surface area contributed by atoms with Crippen LogP contribution >= 0.6 is 11.6 Å². The quantitative estimate of drug-likeness (QED) is 0.617. The minimum Gasteiger partial charge on any atom is -0.369 e. The molecule has 4 heterocycles. The van der Waals surface area contributed by atoms with Gasteiger partial charge < -0.3 is 15.1 Å². The third-order valence-electron chi connectivity index (χ3n) is 6.97. The van der Waals surface area contributed by atoms with Gasteiger partial charge in [0.1, 0.15) is 0 Å². The highest BCUT2D eigenvalue weighted by Gasteiger charge is 2.43. The van der Waals surface area contributed by atoms with Crippen LogP contribution in [0.3, 0.4) is 0 Å². The van der Waals surface area contributed by atoms with E-state index in [0.29, 0.717) is 41.1 Å². The topological polar surface area (TPSA) is 75.0 Å². The molecule has 6 rings (SSSR count). The lowest BCUT2D eigenvalue weighted by Gasteiger charge is -2.39. The van der Waals surface area contributed by atoms with E-state index in [-0.39, 0.29) is 6.04 Å². The van der Waals surface area contributed by atoms with Crippen LogP contribution in [0.1, 0.15) is 19.3 Å². The van der Waals surface area contributed by atoms with Gasteiger partial charge >= 0.3 is 0 Å². The molecule has 2 unspecified atom stereocenters. The molecule has 1 saturated carbocycles. The van der Waals surface area contributed by atoms with Crippen LogP contribution in [-0.4, -0.2) is 50.6 Å². The van der Waals surface area contributed by atoms with E-state index >= 15 is 0 Å². The number of benzene rings is 1. The summed E-state index contributed by atoms with van der Waals surface area (Å²) in [6.45, 7) is 3.23. The third kappa shape index (κ3) is 3.76. The van der Waals surface area contributed by atoms with Crippen LogP contribution in [0.25, 0.3) is 0 Å². The zero-order chi connectivity index (χ0) is 22.5. The first-order valence-electron chi connectivity index (χ1n) is 11.2. The second kappa shape index (κ2) is 8.09. The first-order valence-corrected chi connectivity index (χ1v) is 11.6. The van der Waals surface area contributed by atoms with Gasteiger partial charge in [0.15, 0.2) is 16.8 Å². The van der Waals surface area contributed by atoms with Gasteiger partial charge in [0.05, 0.1) is 11.9 Å². The Morgan fingerprint density at radius 1 is 1.00 bits per heavy atom. The standard InChI is InChI=1S/C22H23ClF2N8/c23-19-9-16(10-26-29-19)31-11-13-2-3-14(12-31)20(13)27-21-28-22-32(6-1-7-33(22)30-21)15-4-5-17(24)18(25)8-15/h4-5,8-10,13-14,20H,1-3,6-7,11-12H2,(H,27,30)/t13-,14?,20?/m0/s1. The Bertz CT molecular complexity index is 1170. The lowest BCUT2D eigenvalue weighted by Crippen LogP contribution is -2.48. The molecule has 2 fully saturated rings. The van der Waals surface area contributed by atoms with Gasteiger partial charge in [0, 0.05) is 50.0 Å². The lowest BCUT2D eigenvalue weighted by molar-refractivity contribution is 0.376. The minimum absolute atomic E-state index is 0.285. The Balaban J connectivity index is 1.21. The van der Waals surface area contributed by atoms with Gasteiger partial charge in [-0.3, -0.25) is 0 Å². The minimum atomic E-state index is -0.864. The van der Waals surface area contributed by atoms with Crippen molar-refractivity contribution >= 4 is 34.9 Å². The van der Waals surface area contributed by atoms with Crippen molar-refractivity contribution in [3.05, 3.63) is 47.2 Å². The van der Waals surface area contributed by atoms with Crippen LogP contribution in [0.2, 0.25) is 5.15 Å². The van der Waals surface area contributed by atoms with E-state index in [1.165, 1.54) is 6.07 Å². The van der Waals surface area contributed by atoms with E-state index in [0.717, 1.165) is 50.7 Å². The summed E-state index contributed by atoms with van der Waals surface area (Å²) in [6, 6.07) is 6.08. The van der Waals surface area contributed by atoms with Gasteiger partial charge in [-0.1, -0.05) is 11.6 Å². The molecule has 172 valence electrons. The maximum Gasteiger partial charge on any atom is 0.244 e. The zero-order valence-corrected chi connectivity index (χ0v) is 18.6. The molecule has 1 aromatic carbocycles. The highest BCUT2D eigenvalue weighted by atomic mass is 35.5. The first kappa shape index (κ1) is 20.6. The van der Waals surface area contributed by atoms with Gasteiger partial charge in [-0.2, -0.15) is 10.1 Å². The maximum absolute atomic E-state index is 13.8. The van der Waals surface area contributed by atoms with Gasteiger partial charge in [0.25, 0.3) is 0 Å². The summed E-state index contributed by atoms with van der Waals surface area (Å²) in [7, 11) is 0. The number of aromatic nitrogens is 5. The van der Waals surface area contributed by atoms with E-state index in [9.17, 15) is 8.78 Å². The molecule has 2 aromatic heterocycles. The summed E-state index contributed by atoms with van der Waals surface area (Å²) in [6.07, 6.45) is 4.89. The van der Waals surface area contributed by atoms with Crippen molar-refractivity contribution in [2.45, 2.75) is 31.8 Å². The largest absolute Gasteiger partial charge is 0.369 e. The summed E-state index contributed by atoms with van der Waals surface area (Å²) in [5.41, 5.74) is 1.58. The van der Waals surface area contributed by atoms with Crippen LogP contribution in [0.4, 0.5) is 32.1 Å². The van der Waals surface area contributed by atoms with E-state index < -0.39 is 11.6 Å². The van der Waals surface area contributed by atoms with Crippen molar-refractivity contribution in [1.29, 1.82) is 0 Å². The van der Waals surface area contributed by atoms with Crippen LogP contribution in [-0.2, 0) is 6.54 Å². The average molecular weight is 473 g/mol. The van der Waals surface area contributed by atoms with E-state index in [2.05, 4.69) is 25.5 Å². The van der Waals surface area contributed by atoms with E-state index in [1.807, 2.05) is 15.6 Å². The zero-order valence-electron chi connectivity index (χ0n) is 17.8. The molecule has 0 radical (unpaired) electrons. The average Bonchev–Trinajstić information content (AvgIpc) is 3.31. The SMILES string of the molecule is Fc1ccc(N2CCCn3nc(NC4C5CC[C@H]4CN(c4cnnc(Cl)c4)C5)nc32)cc1F. The fourth-order valence-corrected chi connectivity index (χ4v) is 5.60. The molecule has 2 bridgehead atoms. The van der Waals surface area contributed by atoms with Crippen LogP contribution in [0.5, 0.6) is 0 Å². The first-order chi connectivity index (χ1) is 16.0. The van der Waals surface area contributed by atoms with Crippen molar-refractivity contribution in [2.24, 2.45) is 11.8 Å². The van der Waals surface area contributed by atoms with E-state index in [1.54, 1.807) is 12.3 Å². The Morgan fingerprint density at radius 2 is 1.82 bits per heavy atom. The number of rotatable bonds is 4. The molecule has 3 aliphatic rings. The number of nitrogens with one attached hydrogen (secondary N) is 1. The Kier molecular flexibility index (Phi) is 5.05. The fraction of sp³-hybridized carbons (Fsp3) is 0.455. The number of piperidine rings is 1. The molecule has 3 aromatic rings. The molecule has 2 aliphatic heterocycles. The molecular weight excluding hydrogens is 450 g/mol. The normalized spacial score (nSPS) is 24.2. The highest BCUT2D eigenvalue weighted by Crippen LogP contribution is 2.40. The number of hydrogen-bond acceptors (Lipinski definition) is 7. The summed E-state index contributed by atoms with van der Waals surface area (Å²) in [5.74, 6) is 0.431. The number of anilines is 4. The number of fused-ring (bicyclic) bond motifs is 3. The molecular formula is C22H23ClF2N8. The Morgan fingerprint density at radius 3 is 2.58 bits per heavy atom. The Labute approximate surface area is 194 Å². The third-order valence-corrected chi connectivity index (χ3v) is 7.15. The fourth-order valence-electron chi connectivity index (χ4n) is 5.44. The van der Waals surface area contributed by atoms with Crippen molar-refractivity contribution in [3.8, 4) is 0 Å². The predicted molar refractivity (Wildman–Crippen MR) is 121 cm³/mol. The molecule has 1 saturated heterocycles. The Hall–Kier alpha value is -3.01. The second-order valence-corrected chi connectivity index (χ2v) is 9.36. The number of halogens is 3. The second-order valence-electron chi connectivity index (χ2n) is 8.97. The monoisotopic (exact) mass is 472 g/mol. The number of aryl methyl sites for hydroxylation is 1. The number of hydrogen-bond donors (Lipinski definition) is 1. The summed E-state index contributed by atoms with van der Waals surface area (Å²) in [4.78, 5) is 8.96. The molecule has 3 atom stereocenters. The molecule has 1 aliphatic carbocycles. The van der Waals surface area contributed by atoms with Crippen LogP contribution in [0.15, 0.2) is 30.5 Å². The molecule has 33 heavy (non-hydrogen) atoms. The van der Waals surface area contributed by atoms with Gasteiger partial charge in [0.2, 0.25) is 11.9 Å². The smallest absolute Gasteiger partial charge is 0.244 e. The summed E-state index contributed by atoms with van der Waals surface area (Å²) < 4.78 is 29.1. The van der Waals surface area contributed by atoms with Crippen molar-refractivity contribution < 1.29 is 8.78 Å². The lowest BCUT2D eigenvalue weighted by atomic mass is 9.92. The van der Waals surface area contributed by atoms with Crippen molar-refractivity contribution in [2.75, 3.05) is 34.8 Å². The van der Waals surface area contributed by atoms with Gasteiger partial charge in [-0.05, 0) is 43.2 Å². The molecule has 0 amide bonds. The summed E-state index contributed by atoms with van der Waals surface area (Å²) in [5, 5.41) is 16.5. The van der Waals surface area contributed by atoms with Gasteiger partial charge in [-0.25, -0.2) is 13.5 Å². The van der Waals surface area contributed by atoms with Gasteiger partial charge in [-0.15, -0.1) is 10.2 Å².